The van der Waals surface area contributed by atoms with E-state index in [1.165, 1.54) is 0 Å². The Bertz CT molecular complexity index is 987. The number of nitrogens with zero attached hydrogens (tertiary/aromatic N) is 5. The Morgan fingerprint density at radius 2 is 2.16 bits per heavy atom. The molecular weight excluding hydrogens is 509 g/mol. The normalized spacial score (nSPS) is 15.8. The van der Waals surface area contributed by atoms with Gasteiger partial charge in [0, 0.05) is 31.7 Å². The summed E-state index contributed by atoms with van der Waals surface area (Å²) in [7, 11) is 1.65. The highest BCUT2D eigenvalue weighted by Crippen LogP contribution is 2.20. The number of hydrogen-bond donors (Lipinski definition) is 2. The second-order valence-corrected chi connectivity index (χ2v) is 7.12. The summed E-state index contributed by atoms with van der Waals surface area (Å²) in [5.74, 6) is 3.80. The van der Waals surface area contributed by atoms with E-state index in [2.05, 4.69) is 30.7 Å². The van der Waals surface area contributed by atoms with Crippen LogP contribution in [-0.2, 0) is 30.9 Å². The van der Waals surface area contributed by atoms with Crippen LogP contribution in [0.3, 0.4) is 0 Å². The molecule has 0 bridgehead atoms. The van der Waals surface area contributed by atoms with Crippen molar-refractivity contribution in [1.82, 2.24) is 30.4 Å². The van der Waals surface area contributed by atoms with Gasteiger partial charge in [0.15, 0.2) is 17.5 Å². The maximum absolute atomic E-state index is 5.85. The van der Waals surface area contributed by atoms with E-state index in [9.17, 15) is 0 Å². The Balaban J connectivity index is 0.00000272. The zero-order valence-electron chi connectivity index (χ0n) is 17.7. The predicted octanol–water partition coefficient (Wildman–Crippen LogP) is 2.77. The van der Waals surface area contributed by atoms with Crippen molar-refractivity contribution in [2.24, 2.45) is 4.99 Å². The van der Waals surface area contributed by atoms with Crippen molar-refractivity contribution in [3.05, 3.63) is 54.1 Å². The summed E-state index contributed by atoms with van der Waals surface area (Å²) in [6.07, 6.45) is 3.58. The molecule has 1 aliphatic rings. The van der Waals surface area contributed by atoms with Crippen LogP contribution in [0.5, 0.6) is 0 Å². The average Bonchev–Trinajstić information content (AvgIpc) is 3.39. The molecule has 4 rings (SSSR count). The number of halogens is 1. The maximum Gasteiger partial charge on any atom is 0.216 e. The molecule has 0 radical (unpaired) electrons. The van der Waals surface area contributed by atoms with Crippen molar-refractivity contribution in [3.8, 4) is 11.3 Å². The topological polar surface area (TPSA) is 102 Å². The molecule has 0 spiro atoms. The van der Waals surface area contributed by atoms with E-state index < -0.39 is 0 Å². The fourth-order valence-electron chi connectivity index (χ4n) is 3.45. The molecule has 1 unspecified atom stereocenters. The zero-order chi connectivity index (χ0) is 20.8. The lowest BCUT2D eigenvalue weighted by Crippen LogP contribution is -2.47. The summed E-state index contributed by atoms with van der Waals surface area (Å²) >= 11 is 0. The van der Waals surface area contributed by atoms with Crippen molar-refractivity contribution < 1.29 is 9.15 Å². The Labute approximate surface area is 198 Å². The number of guanidine groups is 1. The molecule has 3 heterocycles. The Hall–Kier alpha value is -2.47. The molecule has 2 N–H and O–H groups in total. The van der Waals surface area contributed by atoms with Crippen LogP contribution in [0.25, 0.3) is 11.3 Å². The first kappa shape index (κ1) is 23.2. The SMILES string of the molecule is CCNC(=NCc1ncc(-c2ccccc2)o1)NC1CCc2nc(COC)nn2C1.I. The number of aliphatic imine (C=N–C) groups is 1. The van der Waals surface area contributed by atoms with Crippen molar-refractivity contribution in [3.63, 3.8) is 0 Å². The van der Waals surface area contributed by atoms with Gasteiger partial charge in [0.25, 0.3) is 0 Å². The number of hydrogen-bond acceptors (Lipinski definition) is 6. The van der Waals surface area contributed by atoms with E-state index in [0.717, 1.165) is 54.9 Å². The number of methoxy groups -OCH3 is 1. The molecule has 1 atom stereocenters. The Morgan fingerprint density at radius 3 is 2.94 bits per heavy atom. The van der Waals surface area contributed by atoms with Gasteiger partial charge in [-0.25, -0.2) is 19.6 Å². The molecule has 0 saturated heterocycles. The number of oxazole rings is 1. The molecule has 3 aromatic rings. The van der Waals surface area contributed by atoms with Crippen LogP contribution in [0, 0.1) is 0 Å². The van der Waals surface area contributed by atoms with Crippen LogP contribution in [0.4, 0.5) is 0 Å². The molecule has 0 saturated carbocycles. The van der Waals surface area contributed by atoms with Gasteiger partial charge < -0.3 is 19.8 Å². The van der Waals surface area contributed by atoms with Gasteiger partial charge in [-0.3, -0.25) is 0 Å². The van der Waals surface area contributed by atoms with Crippen LogP contribution >= 0.6 is 24.0 Å². The third kappa shape index (κ3) is 6.03. The molecule has 0 amide bonds. The Morgan fingerprint density at radius 1 is 1.32 bits per heavy atom. The van der Waals surface area contributed by atoms with E-state index >= 15 is 0 Å². The molecule has 1 aromatic carbocycles. The highest BCUT2D eigenvalue weighted by molar-refractivity contribution is 14.0. The van der Waals surface area contributed by atoms with Gasteiger partial charge in [-0.1, -0.05) is 30.3 Å². The predicted molar refractivity (Wildman–Crippen MR) is 128 cm³/mol. The summed E-state index contributed by atoms with van der Waals surface area (Å²) < 4.78 is 12.9. The third-order valence-corrected chi connectivity index (χ3v) is 4.84. The number of fused-ring (bicyclic) bond motifs is 1. The minimum absolute atomic E-state index is 0. The molecule has 0 fully saturated rings. The van der Waals surface area contributed by atoms with Gasteiger partial charge in [-0.15, -0.1) is 24.0 Å². The second-order valence-electron chi connectivity index (χ2n) is 7.12. The Kier molecular flexibility index (Phi) is 8.41. The molecule has 166 valence electrons. The first-order chi connectivity index (χ1) is 14.7. The van der Waals surface area contributed by atoms with Crippen molar-refractivity contribution in [2.75, 3.05) is 13.7 Å². The highest BCUT2D eigenvalue weighted by atomic mass is 127. The van der Waals surface area contributed by atoms with E-state index in [1.54, 1.807) is 13.3 Å². The fourth-order valence-corrected chi connectivity index (χ4v) is 3.45. The minimum atomic E-state index is 0. The maximum atomic E-state index is 5.85. The number of nitrogens with one attached hydrogen (secondary N) is 2. The third-order valence-electron chi connectivity index (χ3n) is 4.84. The average molecular weight is 537 g/mol. The first-order valence-electron chi connectivity index (χ1n) is 10.2. The summed E-state index contributed by atoms with van der Waals surface area (Å²) in [6.45, 7) is 4.35. The van der Waals surface area contributed by atoms with Gasteiger partial charge in [-0.2, -0.15) is 5.10 Å². The molecule has 10 heteroatoms. The monoisotopic (exact) mass is 537 g/mol. The van der Waals surface area contributed by atoms with Crippen LogP contribution in [0.15, 0.2) is 45.9 Å². The smallest absolute Gasteiger partial charge is 0.216 e. The van der Waals surface area contributed by atoms with Crippen LogP contribution in [-0.4, -0.2) is 45.4 Å². The fraction of sp³-hybridized carbons (Fsp3) is 0.429. The van der Waals surface area contributed by atoms with Crippen molar-refractivity contribution in [2.45, 2.75) is 45.5 Å². The number of aryl methyl sites for hydroxylation is 1. The lowest BCUT2D eigenvalue weighted by atomic mass is 10.1. The van der Waals surface area contributed by atoms with Crippen LogP contribution < -0.4 is 10.6 Å². The lowest BCUT2D eigenvalue weighted by molar-refractivity contribution is 0.177. The van der Waals surface area contributed by atoms with Gasteiger partial charge in [0.05, 0.1) is 12.7 Å². The highest BCUT2D eigenvalue weighted by Gasteiger charge is 2.22. The molecule has 9 nitrogen and oxygen atoms in total. The van der Waals surface area contributed by atoms with E-state index in [4.69, 9.17) is 9.15 Å². The summed E-state index contributed by atoms with van der Waals surface area (Å²) in [6, 6.07) is 10.2. The number of rotatable bonds is 7. The standard InChI is InChI=1S/C21H27N7O2.HI/c1-3-22-21(24-12-20-23-11-17(30-20)15-7-5-4-6-8-15)25-16-9-10-19-26-18(14-29-2)27-28(19)13-16;/h4-8,11,16H,3,9-10,12-14H2,1-2H3,(H2,22,24,25);1H. The lowest BCUT2D eigenvalue weighted by Gasteiger charge is -2.25. The van der Waals surface area contributed by atoms with E-state index in [1.807, 2.05) is 41.9 Å². The number of aromatic nitrogens is 4. The van der Waals surface area contributed by atoms with Gasteiger partial charge >= 0.3 is 0 Å². The van der Waals surface area contributed by atoms with E-state index in [-0.39, 0.29) is 30.0 Å². The van der Waals surface area contributed by atoms with Gasteiger partial charge in [0.1, 0.15) is 19.0 Å². The van der Waals surface area contributed by atoms with Crippen molar-refractivity contribution >= 4 is 29.9 Å². The molecule has 0 aliphatic carbocycles. The number of ether oxygens (including phenoxy) is 1. The largest absolute Gasteiger partial charge is 0.439 e. The number of benzene rings is 1. The molecule has 2 aromatic heterocycles. The van der Waals surface area contributed by atoms with E-state index in [0.29, 0.717) is 19.0 Å². The summed E-state index contributed by atoms with van der Waals surface area (Å²) in [5.41, 5.74) is 1.00. The first-order valence-corrected chi connectivity index (χ1v) is 10.2. The summed E-state index contributed by atoms with van der Waals surface area (Å²) in [4.78, 5) is 13.5. The minimum Gasteiger partial charge on any atom is -0.439 e. The van der Waals surface area contributed by atoms with Crippen LogP contribution in [0.1, 0.15) is 30.9 Å². The molecular formula is C21H28IN7O2. The van der Waals surface area contributed by atoms with Gasteiger partial charge in [-0.05, 0) is 13.3 Å². The van der Waals surface area contributed by atoms with Gasteiger partial charge in [0.2, 0.25) is 5.89 Å². The quantitative estimate of drug-likeness (QED) is 0.272. The second kappa shape index (κ2) is 11.2. The zero-order valence-corrected chi connectivity index (χ0v) is 20.1. The molecule has 1 aliphatic heterocycles. The molecule has 31 heavy (non-hydrogen) atoms. The van der Waals surface area contributed by atoms with Crippen LogP contribution in [0.2, 0.25) is 0 Å². The van der Waals surface area contributed by atoms with Crippen molar-refractivity contribution in [1.29, 1.82) is 0 Å². The summed E-state index contributed by atoms with van der Waals surface area (Å²) in [5, 5.41) is 11.3.